The van der Waals surface area contributed by atoms with Gasteiger partial charge in [-0.2, -0.15) is 0 Å². The molecule has 1 N–H and O–H groups in total. The third-order valence-corrected chi connectivity index (χ3v) is 6.36. The molecule has 1 aromatic heterocycles. The molecule has 25 heavy (non-hydrogen) atoms. The molecule has 1 aliphatic rings. The molecule has 0 bridgehead atoms. The molecule has 1 fully saturated rings. The first-order valence-corrected chi connectivity index (χ1v) is 10.3. The van der Waals surface area contributed by atoms with E-state index in [9.17, 15) is 8.42 Å². The highest BCUT2D eigenvalue weighted by molar-refractivity contribution is 7.93. The monoisotopic (exact) mass is 380 g/mol. The Balaban J connectivity index is 1.80. The molecule has 1 aromatic carbocycles. The van der Waals surface area contributed by atoms with Crippen molar-refractivity contribution in [1.82, 2.24) is 9.97 Å². The standard InChI is InChI=1S/C17H21ClN4O2S/c1-3-15-16(18)20-12(2)21-17(15)19-11-13-6-4-7-14(10-13)22-8-5-9-25(22,23)24/h4,6-7,10H,3,5,8-9,11H2,1-2H3,(H,19,20,21). The van der Waals surface area contributed by atoms with Gasteiger partial charge in [0.05, 0.1) is 11.4 Å². The molecule has 6 nitrogen and oxygen atoms in total. The summed E-state index contributed by atoms with van der Waals surface area (Å²) < 4.78 is 25.7. The second-order valence-electron chi connectivity index (χ2n) is 6.01. The molecule has 0 atom stereocenters. The molecule has 0 aliphatic carbocycles. The normalized spacial score (nSPS) is 16.2. The van der Waals surface area contributed by atoms with E-state index in [2.05, 4.69) is 15.3 Å². The highest BCUT2D eigenvalue weighted by Gasteiger charge is 2.28. The number of anilines is 2. The summed E-state index contributed by atoms with van der Waals surface area (Å²) in [4.78, 5) is 8.61. The molecule has 2 heterocycles. The van der Waals surface area contributed by atoms with E-state index in [1.165, 1.54) is 4.31 Å². The highest BCUT2D eigenvalue weighted by Crippen LogP contribution is 2.26. The van der Waals surface area contributed by atoms with Crippen LogP contribution < -0.4 is 9.62 Å². The van der Waals surface area contributed by atoms with E-state index in [0.29, 0.717) is 36.2 Å². The largest absolute Gasteiger partial charge is 0.366 e. The average molecular weight is 381 g/mol. The van der Waals surface area contributed by atoms with Gasteiger partial charge in [0.1, 0.15) is 16.8 Å². The zero-order valence-electron chi connectivity index (χ0n) is 14.3. The summed E-state index contributed by atoms with van der Waals surface area (Å²) in [5.74, 6) is 1.55. The van der Waals surface area contributed by atoms with Gasteiger partial charge in [0, 0.05) is 18.7 Å². The van der Waals surface area contributed by atoms with Gasteiger partial charge in [-0.05, 0) is 37.5 Å². The van der Waals surface area contributed by atoms with Crippen LogP contribution in [0.15, 0.2) is 24.3 Å². The van der Waals surface area contributed by atoms with E-state index in [0.717, 1.165) is 23.4 Å². The molecule has 1 saturated heterocycles. The second-order valence-corrected chi connectivity index (χ2v) is 8.38. The predicted octanol–water partition coefficient (Wildman–Crippen LogP) is 3.15. The van der Waals surface area contributed by atoms with Gasteiger partial charge in [-0.1, -0.05) is 30.7 Å². The van der Waals surface area contributed by atoms with Gasteiger partial charge in [-0.3, -0.25) is 4.31 Å². The number of benzene rings is 1. The van der Waals surface area contributed by atoms with Gasteiger partial charge < -0.3 is 5.32 Å². The lowest BCUT2D eigenvalue weighted by Gasteiger charge is -2.18. The van der Waals surface area contributed by atoms with E-state index < -0.39 is 10.0 Å². The Hall–Kier alpha value is -1.86. The number of aromatic nitrogens is 2. The van der Waals surface area contributed by atoms with Crippen molar-refractivity contribution in [2.75, 3.05) is 21.9 Å². The second kappa shape index (κ2) is 7.17. The van der Waals surface area contributed by atoms with Crippen molar-refractivity contribution in [3.8, 4) is 0 Å². The van der Waals surface area contributed by atoms with Crippen LogP contribution in [-0.4, -0.2) is 30.7 Å². The van der Waals surface area contributed by atoms with Crippen LogP contribution in [0.25, 0.3) is 0 Å². The summed E-state index contributed by atoms with van der Waals surface area (Å²) in [5, 5.41) is 3.76. The minimum Gasteiger partial charge on any atom is -0.366 e. The van der Waals surface area contributed by atoms with Gasteiger partial charge in [-0.15, -0.1) is 0 Å². The summed E-state index contributed by atoms with van der Waals surface area (Å²) in [6.45, 7) is 4.88. The summed E-state index contributed by atoms with van der Waals surface area (Å²) >= 11 is 6.19. The third-order valence-electron chi connectivity index (χ3n) is 4.18. The zero-order chi connectivity index (χ0) is 18.0. The summed E-state index contributed by atoms with van der Waals surface area (Å²) in [6.07, 6.45) is 1.40. The van der Waals surface area contributed by atoms with Crippen molar-refractivity contribution >= 4 is 33.1 Å². The van der Waals surface area contributed by atoms with E-state index in [-0.39, 0.29) is 5.75 Å². The van der Waals surface area contributed by atoms with Crippen LogP contribution in [0.5, 0.6) is 0 Å². The van der Waals surface area contributed by atoms with Gasteiger partial charge in [0.2, 0.25) is 10.0 Å². The summed E-state index contributed by atoms with van der Waals surface area (Å²) in [7, 11) is -3.17. The summed E-state index contributed by atoms with van der Waals surface area (Å²) in [5.41, 5.74) is 2.57. The van der Waals surface area contributed by atoms with E-state index in [1.807, 2.05) is 31.2 Å². The number of aryl methyl sites for hydroxylation is 1. The Bertz CT molecular complexity index is 886. The van der Waals surface area contributed by atoms with Gasteiger partial charge in [-0.25, -0.2) is 18.4 Å². The maximum atomic E-state index is 12.1. The maximum absolute atomic E-state index is 12.1. The van der Waals surface area contributed by atoms with Crippen molar-refractivity contribution in [2.45, 2.75) is 33.2 Å². The number of hydrogen-bond donors (Lipinski definition) is 1. The fourth-order valence-corrected chi connectivity index (χ4v) is 4.86. The van der Waals surface area contributed by atoms with Crippen LogP contribution >= 0.6 is 11.6 Å². The van der Waals surface area contributed by atoms with Crippen LogP contribution in [0.4, 0.5) is 11.5 Å². The lowest BCUT2D eigenvalue weighted by molar-refractivity contribution is 0.599. The summed E-state index contributed by atoms with van der Waals surface area (Å²) in [6, 6.07) is 7.56. The van der Waals surface area contributed by atoms with Crippen molar-refractivity contribution < 1.29 is 8.42 Å². The number of halogens is 1. The Kier molecular flexibility index (Phi) is 5.15. The van der Waals surface area contributed by atoms with Crippen molar-refractivity contribution in [1.29, 1.82) is 0 Å². The lowest BCUT2D eigenvalue weighted by Crippen LogP contribution is -2.25. The molecule has 0 spiro atoms. The fourth-order valence-electron chi connectivity index (χ4n) is 2.96. The number of hydrogen-bond acceptors (Lipinski definition) is 5. The molecular formula is C17H21ClN4O2S. The zero-order valence-corrected chi connectivity index (χ0v) is 15.9. The quantitative estimate of drug-likeness (QED) is 0.806. The van der Waals surface area contributed by atoms with Crippen molar-refractivity contribution in [3.63, 3.8) is 0 Å². The number of nitrogens with zero attached hydrogens (tertiary/aromatic N) is 3. The SMILES string of the molecule is CCc1c(Cl)nc(C)nc1NCc1cccc(N2CCCS2(=O)=O)c1. The topological polar surface area (TPSA) is 75.2 Å². The van der Waals surface area contributed by atoms with Crippen molar-refractivity contribution in [2.24, 2.45) is 0 Å². The molecule has 134 valence electrons. The number of sulfonamides is 1. The maximum Gasteiger partial charge on any atom is 0.235 e. The van der Waals surface area contributed by atoms with Crippen LogP contribution in [-0.2, 0) is 23.0 Å². The molecule has 8 heteroatoms. The third kappa shape index (κ3) is 3.88. The van der Waals surface area contributed by atoms with E-state index in [1.54, 1.807) is 6.92 Å². The number of rotatable bonds is 5. The van der Waals surface area contributed by atoms with Gasteiger partial charge in [0.25, 0.3) is 0 Å². The molecule has 0 amide bonds. The Morgan fingerprint density at radius 2 is 2.12 bits per heavy atom. The fraction of sp³-hybridized carbons (Fsp3) is 0.412. The van der Waals surface area contributed by atoms with E-state index >= 15 is 0 Å². The molecule has 1 aliphatic heterocycles. The van der Waals surface area contributed by atoms with Crippen molar-refractivity contribution in [3.05, 3.63) is 46.4 Å². The smallest absolute Gasteiger partial charge is 0.235 e. The average Bonchev–Trinajstić information content (AvgIpc) is 2.92. The first-order valence-electron chi connectivity index (χ1n) is 8.27. The van der Waals surface area contributed by atoms with Crippen LogP contribution in [0.3, 0.4) is 0 Å². The molecule has 2 aromatic rings. The van der Waals surface area contributed by atoms with Gasteiger partial charge in [0.15, 0.2) is 0 Å². The molecule has 3 rings (SSSR count). The first-order chi connectivity index (χ1) is 11.9. The predicted molar refractivity (Wildman–Crippen MR) is 101 cm³/mol. The Morgan fingerprint density at radius 1 is 1.32 bits per heavy atom. The Morgan fingerprint density at radius 3 is 2.80 bits per heavy atom. The number of nitrogens with one attached hydrogen (secondary N) is 1. The van der Waals surface area contributed by atoms with Crippen LogP contribution in [0, 0.1) is 6.92 Å². The molecule has 0 saturated carbocycles. The molecular weight excluding hydrogens is 360 g/mol. The minimum atomic E-state index is -3.17. The van der Waals surface area contributed by atoms with Crippen LogP contribution in [0.1, 0.15) is 30.3 Å². The van der Waals surface area contributed by atoms with Crippen LogP contribution in [0.2, 0.25) is 5.15 Å². The minimum absolute atomic E-state index is 0.216. The lowest BCUT2D eigenvalue weighted by atomic mass is 10.2. The molecule has 0 unspecified atom stereocenters. The van der Waals surface area contributed by atoms with Gasteiger partial charge >= 0.3 is 0 Å². The molecule has 0 radical (unpaired) electrons. The Labute approximate surface area is 153 Å². The highest BCUT2D eigenvalue weighted by atomic mass is 35.5. The first kappa shape index (κ1) is 17.9. The van der Waals surface area contributed by atoms with E-state index in [4.69, 9.17) is 11.6 Å².